The van der Waals surface area contributed by atoms with Crippen LogP contribution in [0, 0.1) is 0 Å². The molecule has 3 rings (SSSR count). The Bertz CT molecular complexity index is 743. The first kappa shape index (κ1) is 22.4. The molecule has 2 saturated carbocycles. The minimum absolute atomic E-state index is 0.0463. The highest BCUT2D eigenvalue weighted by Crippen LogP contribution is 2.33. The van der Waals surface area contributed by atoms with Gasteiger partial charge in [-0.3, -0.25) is 9.59 Å². The summed E-state index contributed by atoms with van der Waals surface area (Å²) in [5.74, 6) is -1.21. The quantitative estimate of drug-likeness (QED) is 0.399. The molecular formula is C23H29F3N2O2. The normalized spacial score (nSPS) is 18.5. The van der Waals surface area contributed by atoms with Gasteiger partial charge < -0.3 is 10.6 Å². The number of halogens is 3. The third-order valence-corrected chi connectivity index (χ3v) is 5.94. The summed E-state index contributed by atoms with van der Waals surface area (Å²) in [4.78, 5) is 25.9. The van der Waals surface area contributed by atoms with Crippen molar-refractivity contribution in [2.45, 2.75) is 82.5 Å². The molecule has 2 fully saturated rings. The first-order valence-electron chi connectivity index (χ1n) is 10.8. The Labute approximate surface area is 175 Å². The summed E-state index contributed by atoms with van der Waals surface area (Å²) in [5, 5.41) is 5.73. The maximum atomic E-state index is 13.4. The topological polar surface area (TPSA) is 58.2 Å². The summed E-state index contributed by atoms with van der Waals surface area (Å²) in [5.41, 5.74) is -1.31. The summed E-state index contributed by atoms with van der Waals surface area (Å²) in [6, 6.07) is 4.91. The van der Waals surface area contributed by atoms with Crippen LogP contribution in [0.2, 0.25) is 0 Å². The number of benzene rings is 1. The number of carbonyl (C=O) groups is 2. The first-order valence-corrected chi connectivity index (χ1v) is 10.8. The molecule has 0 saturated heterocycles. The van der Waals surface area contributed by atoms with Gasteiger partial charge in [0, 0.05) is 12.1 Å². The minimum Gasteiger partial charge on any atom is -0.349 e. The Balaban J connectivity index is 1.87. The van der Waals surface area contributed by atoms with Gasteiger partial charge in [0.1, 0.15) is 5.57 Å². The third-order valence-electron chi connectivity index (χ3n) is 5.94. The molecule has 2 N–H and O–H groups in total. The van der Waals surface area contributed by atoms with E-state index in [9.17, 15) is 22.8 Å². The van der Waals surface area contributed by atoms with Crippen LogP contribution in [0.15, 0.2) is 29.8 Å². The number of rotatable bonds is 5. The SMILES string of the molecule is O=C(NC1CCCCC1)C(=Cc1ccccc1C(F)(F)F)C(=O)NC1CCCCC1. The first-order chi connectivity index (χ1) is 14.3. The van der Waals surface area contributed by atoms with Crippen molar-refractivity contribution < 1.29 is 22.8 Å². The van der Waals surface area contributed by atoms with E-state index < -0.39 is 23.6 Å². The average molecular weight is 422 g/mol. The summed E-state index contributed by atoms with van der Waals surface area (Å²) in [7, 11) is 0. The molecule has 0 unspecified atom stereocenters. The van der Waals surface area contributed by atoms with Gasteiger partial charge in [0.05, 0.1) is 5.56 Å². The average Bonchev–Trinajstić information content (AvgIpc) is 2.73. The van der Waals surface area contributed by atoms with Crippen LogP contribution in [0.25, 0.3) is 6.08 Å². The summed E-state index contributed by atoms with van der Waals surface area (Å²) in [6.07, 6.45) is 5.99. The number of alkyl halides is 3. The van der Waals surface area contributed by atoms with E-state index in [-0.39, 0.29) is 23.2 Å². The van der Waals surface area contributed by atoms with Gasteiger partial charge in [0.2, 0.25) is 0 Å². The molecule has 0 aromatic heterocycles. The summed E-state index contributed by atoms with van der Waals surface area (Å²) in [6.45, 7) is 0. The molecule has 2 aliphatic rings. The van der Waals surface area contributed by atoms with Crippen LogP contribution in [0.3, 0.4) is 0 Å². The van der Waals surface area contributed by atoms with E-state index in [4.69, 9.17) is 0 Å². The fourth-order valence-corrected chi connectivity index (χ4v) is 4.29. The van der Waals surface area contributed by atoms with E-state index in [1.54, 1.807) is 0 Å². The molecule has 1 aromatic carbocycles. The Kier molecular flexibility index (Phi) is 7.56. The molecule has 1 aromatic rings. The lowest BCUT2D eigenvalue weighted by Crippen LogP contribution is -2.43. The largest absolute Gasteiger partial charge is 0.416 e. The van der Waals surface area contributed by atoms with Gasteiger partial charge in [-0.15, -0.1) is 0 Å². The van der Waals surface area contributed by atoms with Crippen LogP contribution < -0.4 is 10.6 Å². The van der Waals surface area contributed by atoms with Gasteiger partial charge in [-0.25, -0.2) is 0 Å². The molecule has 4 nitrogen and oxygen atoms in total. The van der Waals surface area contributed by atoms with E-state index in [1.807, 2.05) is 0 Å². The molecule has 0 radical (unpaired) electrons. The van der Waals surface area contributed by atoms with Gasteiger partial charge in [0.15, 0.2) is 0 Å². The van der Waals surface area contributed by atoms with Gasteiger partial charge in [-0.2, -0.15) is 13.2 Å². The molecular weight excluding hydrogens is 393 g/mol. The Morgan fingerprint density at radius 1 is 0.800 bits per heavy atom. The van der Waals surface area contributed by atoms with Crippen molar-refractivity contribution in [1.82, 2.24) is 10.6 Å². The second kappa shape index (κ2) is 10.1. The Hall–Kier alpha value is -2.31. The van der Waals surface area contributed by atoms with Gasteiger partial charge >= 0.3 is 6.18 Å². The smallest absolute Gasteiger partial charge is 0.349 e. The molecule has 2 amide bonds. The number of hydrogen-bond donors (Lipinski definition) is 2. The van der Waals surface area contributed by atoms with Gasteiger partial charge in [-0.1, -0.05) is 56.7 Å². The van der Waals surface area contributed by atoms with Crippen LogP contribution in [-0.2, 0) is 15.8 Å². The van der Waals surface area contributed by atoms with E-state index in [0.29, 0.717) is 0 Å². The molecule has 0 atom stereocenters. The zero-order valence-corrected chi connectivity index (χ0v) is 17.1. The molecule has 0 aliphatic heterocycles. The van der Waals surface area contributed by atoms with Crippen LogP contribution in [0.1, 0.15) is 75.3 Å². The lowest BCUT2D eigenvalue weighted by Gasteiger charge is -2.25. The van der Waals surface area contributed by atoms with E-state index in [2.05, 4.69) is 10.6 Å². The van der Waals surface area contributed by atoms with Crippen LogP contribution in [0.4, 0.5) is 13.2 Å². The highest BCUT2D eigenvalue weighted by Gasteiger charge is 2.33. The fourth-order valence-electron chi connectivity index (χ4n) is 4.29. The molecule has 0 bridgehead atoms. The van der Waals surface area contributed by atoms with E-state index in [0.717, 1.165) is 76.4 Å². The van der Waals surface area contributed by atoms with Crippen molar-refractivity contribution in [3.05, 3.63) is 41.0 Å². The predicted molar refractivity (Wildman–Crippen MR) is 109 cm³/mol. The maximum absolute atomic E-state index is 13.4. The van der Waals surface area contributed by atoms with Crippen molar-refractivity contribution in [3.8, 4) is 0 Å². The monoisotopic (exact) mass is 422 g/mol. The second-order valence-electron chi connectivity index (χ2n) is 8.26. The molecule has 0 spiro atoms. The zero-order valence-electron chi connectivity index (χ0n) is 17.1. The van der Waals surface area contributed by atoms with Gasteiger partial charge in [0.25, 0.3) is 11.8 Å². The Morgan fingerprint density at radius 2 is 1.27 bits per heavy atom. The molecule has 2 aliphatic carbocycles. The summed E-state index contributed by atoms with van der Waals surface area (Å²) < 4.78 is 40.2. The standard InChI is InChI=1S/C23H29F3N2O2/c24-23(25,26)20-14-8-7-9-16(20)15-19(21(29)27-17-10-3-1-4-11-17)22(30)28-18-12-5-2-6-13-18/h7-9,14-15,17-18H,1-6,10-13H2,(H,27,29)(H,28,30). The second-order valence-corrected chi connectivity index (χ2v) is 8.26. The highest BCUT2D eigenvalue weighted by atomic mass is 19.4. The number of nitrogens with one attached hydrogen (secondary N) is 2. The fraction of sp³-hybridized carbons (Fsp3) is 0.565. The van der Waals surface area contributed by atoms with Crippen LogP contribution in [0.5, 0.6) is 0 Å². The van der Waals surface area contributed by atoms with Crippen molar-refractivity contribution in [1.29, 1.82) is 0 Å². The van der Waals surface area contributed by atoms with Crippen molar-refractivity contribution in [2.75, 3.05) is 0 Å². The number of carbonyl (C=O) groups excluding carboxylic acids is 2. The zero-order chi connectivity index (χ0) is 21.6. The molecule has 7 heteroatoms. The highest BCUT2D eigenvalue weighted by molar-refractivity contribution is 6.21. The van der Waals surface area contributed by atoms with Crippen molar-refractivity contribution in [3.63, 3.8) is 0 Å². The Morgan fingerprint density at radius 3 is 1.73 bits per heavy atom. The van der Waals surface area contributed by atoms with Crippen molar-refractivity contribution >= 4 is 17.9 Å². The third kappa shape index (κ3) is 6.09. The van der Waals surface area contributed by atoms with Crippen LogP contribution in [-0.4, -0.2) is 23.9 Å². The number of amides is 2. The van der Waals surface area contributed by atoms with E-state index in [1.165, 1.54) is 18.2 Å². The van der Waals surface area contributed by atoms with Gasteiger partial charge in [-0.05, 0) is 43.4 Å². The minimum atomic E-state index is -4.57. The van der Waals surface area contributed by atoms with E-state index >= 15 is 0 Å². The molecule has 30 heavy (non-hydrogen) atoms. The lowest BCUT2D eigenvalue weighted by molar-refractivity contribution is -0.137. The summed E-state index contributed by atoms with van der Waals surface area (Å²) >= 11 is 0. The molecule has 0 heterocycles. The lowest BCUT2D eigenvalue weighted by atomic mass is 9.94. The number of hydrogen-bond acceptors (Lipinski definition) is 2. The van der Waals surface area contributed by atoms with Crippen molar-refractivity contribution in [2.24, 2.45) is 0 Å². The maximum Gasteiger partial charge on any atom is 0.416 e. The van der Waals surface area contributed by atoms with Crippen LogP contribution >= 0.6 is 0 Å². The predicted octanol–water partition coefficient (Wildman–Crippen LogP) is 4.99. The molecule has 164 valence electrons.